The molecule has 0 radical (unpaired) electrons. The zero-order valence-corrected chi connectivity index (χ0v) is 8.87. The van der Waals surface area contributed by atoms with Gasteiger partial charge in [-0.25, -0.2) is 13.8 Å². The number of rotatable bonds is 3. The van der Waals surface area contributed by atoms with Gasteiger partial charge in [-0.1, -0.05) is 0 Å². The summed E-state index contributed by atoms with van der Waals surface area (Å²) in [5, 5.41) is 10.6. The molecule has 1 aromatic rings. The Kier molecular flexibility index (Phi) is 3.64. The average Bonchev–Trinajstić information content (AvgIpc) is 2.15. The maximum Gasteiger partial charge on any atom is 0.306 e. The third kappa shape index (κ3) is 2.45. The van der Waals surface area contributed by atoms with Crippen molar-refractivity contribution >= 4 is 21.6 Å². The second-order valence-corrected chi connectivity index (χ2v) is 3.44. The Morgan fingerprint density at radius 2 is 2.27 bits per heavy atom. The van der Waals surface area contributed by atoms with Crippen molar-refractivity contribution in [3.63, 3.8) is 0 Å². The summed E-state index contributed by atoms with van der Waals surface area (Å²) in [5.74, 6) is 0. The lowest BCUT2D eigenvalue weighted by Crippen LogP contribution is -2.07. The van der Waals surface area contributed by atoms with E-state index in [1.165, 1.54) is 0 Å². The quantitative estimate of drug-likeness (QED) is 0.680. The van der Waals surface area contributed by atoms with E-state index in [9.17, 15) is 18.9 Å². The van der Waals surface area contributed by atoms with Crippen LogP contribution in [-0.4, -0.2) is 9.91 Å². The number of aromatic nitrogens is 1. The molecule has 1 aromatic heterocycles. The highest BCUT2D eigenvalue weighted by Gasteiger charge is 2.22. The van der Waals surface area contributed by atoms with Gasteiger partial charge in [0.05, 0.1) is 9.40 Å². The topological polar surface area (TPSA) is 82.0 Å². The summed E-state index contributed by atoms with van der Waals surface area (Å²) in [6.45, 7) is -0.268. The number of pyridine rings is 1. The van der Waals surface area contributed by atoms with Crippen LogP contribution in [0.1, 0.15) is 17.8 Å². The third-order valence-electron chi connectivity index (χ3n) is 1.64. The largest absolute Gasteiger partial charge is 0.325 e. The molecule has 5 nitrogen and oxygen atoms in total. The first-order valence-electron chi connectivity index (χ1n) is 3.79. The van der Waals surface area contributed by atoms with Crippen LogP contribution in [0.5, 0.6) is 0 Å². The fraction of sp³-hybridized carbons (Fsp3) is 0.286. The summed E-state index contributed by atoms with van der Waals surface area (Å²) < 4.78 is 24.6. The normalized spacial score (nSPS) is 10.7. The number of alkyl halides is 2. The molecule has 8 heteroatoms. The summed E-state index contributed by atoms with van der Waals surface area (Å²) >= 11 is 2.84. The standard InChI is InChI=1S/C7H6BrF2N3O2/c8-3-1-4(7(9)10)12-5(2-11)6(3)13(14)15/h1,7H,2,11H2. The van der Waals surface area contributed by atoms with Gasteiger partial charge >= 0.3 is 5.69 Å². The van der Waals surface area contributed by atoms with E-state index in [4.69, 9.17) is 5.73 Å². The molecule has 0 aliphatic rings. The molecular formula is C7H6BrF2N3O2. The average molecular weight is 282 g/mol. The first-order chi connectivity index (χ1) is 6.97. The molecule has 0 saturated heterocycles. The van der Waals surface area contributed by atoms with Gasteiger partial charge in [-0.05, 0) is 22.0 Å². The van der Waals surface area contributed by atoms with Crippen LogP contribution in [0.2, 0.25) is 0 Å². The van der Waals surface area contributed by atoms with Gasteiger partial charge in [-0.2, -0.15) is 0 Å². The number of hydrogen-bond donors (Lipinski definition) is 1. The van der Waals surface area contributed by atoms with E-state index in [1.54, 1.807) is 0 Å². The van der Waals surface area contributed by atoms with Crippen LogP contribution in [0.3, 0.4) is 0 Å². The Morgan fingerprint density at radius 3 is 2.67 bits per heavy atom. The molecule has 0 atom stereocenters. The molecule has 0 unspecified atom stereocenters. The summed E-state index contributed by atoms with van der Waals surface area (Å²) in [6, 6.07) is 0.919. The Labute approximate surface area is 91.6 Å². The number of nitrogens with two attached hydrogens (primary N) is 1. The molecular weight excluding hydrogens is 276 g/mol. The van der Waals surface area contributed by atoms with Gasteiger partial charge in [0.2, 0.25) is 0 Å². The third-order valence-corrected chi connectivity index (χ3v) is 2.24. The molecule has 1 rings (SSSR count). The van der Waals surface area contributed by atoms with Crippen molar-refractivity contribution in [2.75, 3.05) is 0 Å². The molecule has 0 spiro atoms. The van der Waals surface area contributed by atoms with Crippen LogP contribution in [0.15, 0.2) is 10.5 Å². The predicted octanol–water partition coefficient (Wildman–Crippen LogP) is 2.15. The van der Waals surface area contributed by atoms with Gasteiger partial charge in [0.15, 0.2) is 0 Å². The zero-order valence-electron chi connectivity index (χ0n) is 7.28. The van der Waals surface area contributed by atoms with Crippen molar-refractivity contribution < 1.29 is 13.7 Å². The van der Waals surface area contributed by atoms with Gasteiger partial charge in [0, 0.05) is 6.54 Å². The maximum atomic E-state index is 12.3. The molecule has 15 heavy (non-hydrogen) atoms. The molecule has 0 saturated carbocycles. The lowest BCUT2D eigenvalue weighted by Gasteiger charge is -2.05. The Hall–Kier alpha value is -1.15. The summed E-state index contributed by atoms with van der Waals surface area (Å²) in [6.07, 6.45) is -2.78. The number of nitro groups is 1. The monoisotopic (exact) mass is 281 g/mol. The Morgan fingerprint density at radius 1 is 1.67 bits per heavy atom. The van der Waals surface area contributed by atoms with E-state index in [-0.39, 0.29) is 22.4 Å². The van der Waals surface area contributed by atoms with Crippen molar-refractivity contribution in [2.45, 2.75) is 13.0 Å². The molecule has 82 valence electrons. The highest BCUT2D eigenvalue weighted by Crippen LogP contribution is 2.31. The Balaban J connectivity index is 3.37. The SMILES string of the molecule is NCc1nc(C(F)F)cc(Br)c1[N+](=O)[O-]. The Bertz CT molecular complexity index is 400. The minimum Gasteiger partial charge on any atom is -0.325 e. The van der Waals surface area contributed by atoms with Crippen molar-refractivity contribution in [1.82, 2.24) is 4.98 Å². The van der Waals surface area contributed by atoms with Crippen molar-refractivity contribution in [3.8, 4) is 0 Å². The first-order valence-corrected chi connectivity index (χ1v) is 4.58. The van der Waals surface area contributed by atoms with Gasteiger partial charge < -0.3 is 5.73 Å². The molecule has 0 aliphatic heterocycles. The van der Waals surface area contributed by atoms with Gasteiger partial charge in [0.25, 0.3) is 6.43 Å². The summed E-state index contributed by atoms with van der Waals surface area (Å²) in [4.78, 5) is 13.3. The highest BCUT2D eigenvalue weighted by molar-refractivity contribution is 9.10. The molecule has 1 heterocycles. The smallest absolute Gasteiger partial charge is 0.306 e. The second kappa shape index (κ2) is 4.58. The van der Waals surface area contributed by atoms with Crippen LogP contribution in [-0.2, 0) is 6.54 Å². The summed E-state index contributed by atoms with van der Waals surface area (Å²) in [5.41, 5.74) is 4.12. The van der Waals surface area contributed by atoms with Crippen LogP contribution in [0, 0.1) is 10.1 Å². The van der Waals surface area contributed by atoms with Crippen molar-refractivity contribution in [3.05, 3.63) is 32.0 Å². The van der Waals surface area contributed by atoms with Gasteiger partial charge in [-0.3, -0.25) is 10.1 Å². The lowest BCUT2D eigenvalue weighted by molar-refractivity contribution is -0.386. The van der Waals surface area contributed by atoms with Crippen molar-refractivity contribution in [1.29, 1.82) is 0 Å². The van der Waals surface area contributed by atoms with Crippen LogP contribution in [0.4, 0.5) is 14.5 Å². The molecule has 0 amide bonds. The van der Waals surface area contributed by atoms with E-state index in [2.05, 4.69) is 20.9 Å². The molecule has 0 fully saturated rings. The van der Waals surface area contributed by atoms with Crippen LogP contribution < -0.4 is 5.73 Å². The number of nitrogens with zero attached hydrogens (tertiary/aromatic N) is 2. The van der Waals surface area contributed by atoms with E-state index >= 15 is 0 Å². The van der Waals surface area contributed by atoms with E-state index in [0.29, 0.717) is 0 Å². The fourth-order valence-corrected chi connectivity index (χ4v) is 1.63. The minimum absolute atomic E-state index is 0.0433. The lowest BCUT2D eigenvalue weighted by atomic mass is 10.2. The van der Waals surface area contributed by atoms with Crippen LogP contribution >= 0.6 is 15.9 Å². The van der Waals surface area contributed by atoms with Gasteiger partial charge in [0.1, 0.15) is 11.4 Å². The van der Waals surface area contributed by atoms with E-state index in [1.807, 2.05) is 0 Å². The van der Waals surface area contributed by atoms with Crippen LogP contribution in [0.25, 0.3) is 0 Å². The van der Waals surface area contributed by atoms with E-state index < -0.39 is 17.0 Å². The first kappa shape index (κ1) is 11.9. The highest BCUT2D eigenvalue weighted by atomic mass is 79.9. The van der Waals surface area contributed by atoms with E-state index in [0.717, 1.165) is 6.07 Å². The summed E-state index contributed by atoms with van der Waals surface area (Å²) in [7, 11) is 0. The zero-order chi connectivity index (χ0) is 11.6. The molecule has 0 aromatic carbocycles. The predicted molar refractivity (Wildman–Crippen MR) is 51.4 cm³/mol. The second-order valence-electron chi connectivity index (χ2n) is 2.59. The molecule has 0 bridgehead atoms. The maximum absolute atomic E-state index is 12.3. The number of hydrogen-bond acceptors (Lipinski definition) is 4. The molecule has 0 aliphatic carbocycles. The molecule has 2 N–H and O–H groups in total. The van der Waals surface area contributed by atoms with Crippen molar-refractivity contribution in [2.24, 2.45) is 5.73 Å². The number of halogens is 3. The van der Waals surface area contributed by atoms with Gasteiger partial charge in [-0.15, -0.1) is 0 Å². The minimum atomic E-state index is -2.78. The fourth-order valence-electron chi connectivity index (χ4n) is 1.02.